The van der Waals surface area contributed by atoms with Crippen LogP contribution in [0.3, 0.4) is 0 Å². The Kier molecular flexibility index (Phi) is 24.9. The minimum atomic E-state index is -0.637. The maximum atomic E-state index is 12.5. The van der Waals surface area contributed by atoms with Gasteiger partial charge in [0.1, 0.15) is 5.69 Å². The van der Waals surface area contributed by atoms with Crippen LogP contribution in [0.25, 0.3) is 11.4 Å². The quantitative estimate of drug-likeness (QED) is 0.0139. The van der Waals surface area contributed by atoms with E-state index in [1.54, 1.807) is 50.2 Å². The van der Waals surface area contributed by atoms with Gasteiger partial charge < -0.3 is 20.4 Å². The van der Waals surface area contributed by atoms with Crippen molar-refractivity contribution >= 4 is 34.1 Å². The number of H-pyrrole nitrogens is 2. The van der Waals surface area contributed by atoms with Gasteiger partial charge in [-0.3, -0.25) is 44.9 Å². The number of aromatic amines is 2. The largest absolute Gasteiger partial charge is 0.871 e. The van der Waals surface area contributed by atoms with E-state index in [-0.39, 0.29) is 76.0 Å². The van der Waals surface area contributed by atoms with Crippen LogP contribution < -0.4 is 21.3 Å². The molecule has 22 heteroatoms. The van der Waals surface area contributed by atoms with Crippen molar-refractivity contribution in [3.8, 4) is 22.9 Å². The first-order chi connectivity index (χ1) is 33.3. The third kappa shape index (κ3) is 17.8. The van der Waals surface area contributed by atoms with Crippen molar-refractivity contribution < 1.29 is 52.7 Å². The molecule has 0 aliphatic carbocycles. The molecular formula is C48H62CrN11O10+. The van der Waals surface area contributed by atoms with Gasteiger partial charge in [-0.25, -0.2) is 9.36 Å². The Hall–Kier alpha value is -7.09. The van der Waals surface area contributed by atoms with Gasteiger partial charge in [0, 0.05) is 59.8 Å². The van der Waals surface area contributed by atoms with Gasteiger partial charge in [-0.05, 0) is 51.1 Å². The number of azo groups is 2. The molecule has 0 atom stereocenters. The number of aryl methyl sites for hydroxylation is 2. The fourth-order valence-electron chi connectivity index (χ4n) is 6.94. The third-order valence-corrected chi connectivity index (χ3v) is 10.7. The molecule has 0 aliphatic rings. The minimum Gasteiger partial charge on any atom is -0.871 e. The number of nitrogens with zero attached hydrogens (tertiary/aromatic N) is 8. The minimum absolute atomic E-state index is 0. The Morgan fingerprint density at radius 3 is 1.67 bits per heavy atom. The van der Waals surface area contributed by atoms with Crippen LogP contribution in [-0.2, 0) is 17.4 Å². The van der Waals surface area contributed by atoms with Gasteiger partial charge in [0.25, 0.3) is 22.7 Å². The first kappa shape index (κ1) is 57.2. The predicted molar refractivity (Wildman–Crippen MR) is 260 cm³/mol. The maximum Gasteiger partial charge on any atom is 0.345 e. The van der Waals surface area contributed by atoms with E-state index >= 15 is 0 Å². The first-order valence-corrected chi connectivity index (χ1v) is 22.8. The van der Waals surface area contributed by atoms with Gasteiger partial charge in [-0.2, -0.15) is 5.11 Å². The summed E-state index contributed by atoms with van der Waals surface area (Å²) in [5, 5.41) is 78.9. The summed E-state index contributed by atoms with van der Waals surface area (Å²) < 4.78 is 2.66. The van der Waals surface area contributed by atoms with Crippen LogP contribution in [0.2, 0.25) is 0 Å². The fourth-order valence-corrected chi connectivity index (χ4v) is 6.94. The topological polar surface area (TPSA) is 303 Å². The number of nitro benzene ring substituents is 2. The zero-order valence-electron chi connectivity index (χ0n) is 39.6. The SMILES string of the molecule is CCCCCCCCCCCCN(CCO)CCO.Cc1[nH]n(-c2ccccc2)c(=O)c1N=Nc1cc([N+](=O)[O-])ccc1[O-].Cc1[nH]n(-c2ccccc2)c(=O)c1[NH+]=Nc1cc([N+](=O)[O-])ccc1[OH2+].[Cr]. The molecule has 6 rings (SSSR count). The monoisotopic (exact) mass is 1000 g/mol. The Morgan fingerprint density at radius 2 is 1.14 bits per heavy atom. The number of non-ortho nitro benzene ring substituents is 2. The molecule has 0 aliphatic heterocycles. The van der Waals surface area contributed by atoms with E-state index in [1.165, 1.54) is 91.8 Å². The van der Waals surface area contributed by atoms with E-state index < -0.39 is 21.2 Å². The number of hydrogen-bond acceptors (Lipinski definition) is 13. The van der Waals surface area contributed by atoms with E-state index in [2.05, 4.69) is 42.5 Å². The number of benzene rings is 4. The molecule has 21 nitrogen and oxygen atoms in total. The molecule has 0 spiro atoms. The summed E-state index contributed by atoms with van der Waals surface area (Å²) in [6, 6.07) is 24.7. The molecule has 70 heavy (non-hydrogen) atoms. The van der Waals surface area contributed by atoms with E-state index in [4.69, 9.17) is 15.3 Å². The normalized spacial score (nSPS) is 11.0. The number of rotatable bonds is 23. The molecule has 4 aromatic carbocycles. The molecule has 0 saturated carbocycles. The summed E-state index contributed by atoms with van der Waals surface area (Å²) in [5.41, 5.74) is 1.15. The number of aromatic nitrogens is 4. The molecule has 0 bridgehead atoms. The van der Waals surface area contributed by atoms with Crippen LogP contribution in [0.15, 0.2) is 122 Å². The summed E-state index contributed by atoms with van der Waals surface area (Å²) in [6.07, 6.45) is 13.5. The second-order valence-corrected chi connectivity index (χ2v) is 15.9. The summed E-state index contributed by atoms with van der Waals surface area (Å²) in [5.74, 6) is -0.513. The summed E-state index contributed by atoms with van der Waals surface area (Å²) in [6.45, 7) is 8.38. The Balaban J connectivity index is 0.000000280. The van der Waals surface area contributed by atoms with E-state index in [9.17, 15) is 34.9 Å². The third-order valence-electron chi connectivity index (χ3n) is 10.7. The second-order valence-electron chi connectivity index (χ2n) is 15.9. The molecule has 6 aromatic rings. The van der Waals surface area contributed by atoms with E-state index in [0.29, 0.717) is 35.9 Å². The van der Waals surface area contributed by atoms with Gasteiger partial charge in [-0.1, -0.05) is 118 Å². The number of nitrogens with one attached hydrogen (secondary N) is 3. The Morgan fingerprint density at radius 1 is 0.657 bits per heavy atom. The Labute approximate surface area is 415 Å². The molecule has 374 valence electrons. The number of aliphatic hydroxyl groups is 2. The standard InChI is InChI=1S/2C16H13N5O4.C16H35NO2.Cr/c2*1-10-15(16(23)20(19-10)11-5-3-2-4-6-11)18-17-13-9-12(21(24)25)7-8-14(13)22;1-2-3-4-5-6-7-8-9-10-11-12-17(13-15-18)14-16-19;/h2*2-9,19,22H,1H3;18-19H,2-16H2,1H3;/p+1. The van der Waals surface area contributed by atoms with Crippen LogP contribution in [0, 0.1) is 34.1 Å². The predicted octanol–water partition coefficient (Wildman–Crippen LogP) is 7.38. The van der Waals surface area contributed by atoms with Crippen molar-refractivity contribution in [2.75, 3.05) is 32.8 Å². The van der Waals surface area contributed by atoms with Crippen molar-refractivity contribution in [3.63, 3.8) is 0 Å². The fraction of sp³-hybridized carbons (Fsp3) is 0.375. The second kappa shape index (κ2) is 30.4. The molecule has 7 N–H and O–H groups in total. The average Bonchev–Trinajstić information content (AvgIpc) is 3.80. The van der Waals surface area contributed by atoms with Crippen LogP contribution >= 0.6 is 0 Å². The number of para-hydroxylation sites is 2. The van der Waals surface area contributed by atoms with Gasteiger partial charge in [0.05, 0.1) is 51.9 Å². The zero-order chi connectivity index (χ0) is 50.1. The number of hydrogen-bond donors (Lipinski definition) is 5. The molecule has 2 heterocycles. The molecular weight excluding hydrogens is 943 g/mol. The van der Waals surface area contributed by atoms with Gasteiger partial charge in [0.15, 0.2) is 5.69 Å². The first-order valence-electron chi connectivity index (χ1n) is 22.8. The molecule has 0 amide bonds. The van der Waals surface area contributed by atoms with Gasteiger partial charge in [0.2, 0.25) is 5.69 Å². The van der Waals surface area contributed by atoms with Crippen molar-refractivity contribution in [1.29, 1.82) is 0 Å². The molecule has 0 fully saturated rings. The molecule has 2 aromatic heterocycles. The maximum absolute atomic E-state index is 12.5. The zero-order valence-corrected chi connectivity index (χ0v) is 40.9. The molecule has 0 saturated heterocycles. The smallest absolute Gasteiger partial charge is 0.345 e. The molecule has 0 unspecified atom stereocenters. The van der Waals surface area contributed by atoms with Gasteiger partial charge in [-0.15, -0.1) is 5.11 Å². The van der Waals surface area contributed by atoms with Crippen molar-refractivity contribution in [3.05, 3.63) is 149 Å². The van der Waals surface area contributed by atoms with E-state index in [0.717, 1.165) is 24.7 Å². The number of nitro groups is 2. The van der Waals surface area contributed by atoms with Crippen molar-refractivity contribution in [1.82, 2.24) is 24.5 Å². The molecule has 0 radical (unpaired) electrons. The van der Waals surface area contributed by atoms with Crippen LogP contribution in [-0.4, -0.2) is 82.5 Å². The van der Waals surface area contributed by atoms with Crippen LogP contribution in [0.1, 0.15) is 82.5 Å². The van der Waals surface area contributed by atoms with Crippen molar-refractivity contribution in [2.45, 2.75) is 85.0 Å². The van der Waals surface area contributed by atoms with Gasteiger partial charge >= 0.3 is 11.2 Å². The summed E-state index contributed by atoms with van der Waals surface area (Å²) in [4.78, 5) is 47.5. The summed E-state index contributed by atoms with van der Waals surface area (Å²) >= 11 is 0. The number of unbranched alkanes of at least 4 members (excludes halogenated alkanes) is 9. The number of aliphatic hydroxyl groups excluding tert-OH is 2. The van der Waals surface area contributed by atoms with E-state index in [1.807, 2.05) is 24.3 Å². The average molecular weight is 1010 g/mol. The van der Waals surface area contributed by atoms with Crippen LogP contribution in [0.4, 0.5) is 34.1 Å². The Bertz CT molecular complexity index is 2550. The van der Waals surface area contributed by atoms with Crippen LogP contribution in [0.5, 0.6) is 11.5 Å². The summed E-state index contributed by atoms with van der Waals surface area (Å²) in [7, 11) is 0. The van der Waals surface area contributed by atoms with Crippen molar-refractivity contribution in [2.24, 2.45) is 15.3 Å².